The Hall–Kier alpha value is -2.15. The van der Waals surface area contributed by atoms with E-state index in [1.807, 2.05) is 13.8 Å². The summed E-state index contributed by atoms with van der Waals surface area (Å²) in [6.07, 6.45) is -3.33. The summed E-state index contributed by atoms with van der Waals surface area (Å²) in [6, 6.07) is 6.81. The van der Waals surface area contributed by atoms with Gasteiger partial charge in [0.05, 0.1) is 6.10 Å². The lowest BCUT2D eigenvalue weighted by Crippen LogP contribution is -2.52. The first-order valence-electron chi connectivity index (χ1n) is 11.0. The summed E-state index contributed by atoms with van der Waals surface area (Å²) in [5.74, 6) is -0.574. The molecule has 0 aliphatic heterocycles. The van der Waals surface area contributed by atoms with Crippen LogP contribution >= 0.6 is 0 Å². The zero-order valence-electron chi connectivity index (χ0n) is 19.2. The average Bonchev–Trinajstić information content (AvgIpc) is 3.28. The van der Waals surface area contributed by atoms with Crippen LogP contribution in [0.25, 0.3) is 0 Å². The number of methoxy groups -OCH3 is 1. The van der Waals surface area contributed by atoms with Gasteiger partial charge in [-0.3, -0.25) is 4.79 Å². The highest BCUT2D eigenvalue weighted by Crippen LogP contribution is 2.68. The normalized spacial score (nSPS) is 27.9. The highest BCUT2D eigenvalue weighted by molar-refractivity contribution is 5.98. The Bertz CT molecular complexity index is 904. The molecular formula is C25H31F3O4. The van der Waals surface area contributed by atoms with Crippen LogP contribution in [0.4, 0.5) is 13.2 Å². The number of esters is 1. The molecule has 0 aromatic heterocycles. The Labute approximate surface area is 187 Å². The van der Waals surface area contributed by atoms with Gasteiger partial charge in [-0.05, 0) is 62.9 Å². The number of hydrogen-bond donors (Lipinski definition) is 0. The second-order valence-electron chi connectivity index (χ2n) is 9.54. The number of allylic oxidation sites excluding steroid dienone is 2. The molecule has 7 heteroatoms. The van der Waals surface area contributed by atoms with Crippen LogP contribution in [0.2, 0.25) is 0 Å². The van der Waals surface area contributed by atoms with Crippen molar-refractivity contribution in [1.29, 1.82) is 0 Å². The maximum atomic E-state index is 14.0. The second-order valence-corrected chi connectivity index (χ2v) is 9.54. The maximum absolute atomic E-state index is 14.0. The van der Waals surface area contributed by atoms with Crippen LogP contribution in [0, 0.1) is 17.3 Å². The van der Waals surface area contributed by atoms with Crippen LogP contribution in [-0.2, 0) is 24.7 Å². The summed E-state index contributed by atoms with van der Waals surface area (Å²) < 4.78 is 52.1. The van der Waals surface area contributed by atoms with Crippen LogP contribution in [0.15, 0.2) is 41.5 Å². The van der Waals surface area contributed by atoms with Crippen molar-refractivity contribution in [3.63, 3.8) is 0 Å². The van der Waals surface area contributed by atoms with Crippen molar-refractivity contribution < 1.29 is 32.2 Å². The SMILES string of the molecule is CO[C@](C(=O)O[C@@H](C)CC[C@@H]1[C@H]2CC(=C(C)C)C(=O)C[C@@]12C)(c1ccccc1)C(F)(F)F. The van der Waals surface area contributed by atoms with Crippen molar-refractivity contribution in [2.75, 3.05) is 7.11 Å². The number of alkyl halides is 3. The summed E-state index contributed by atoms with van der Waals surface area (Å²) in [4.78, 5) is 25.2. The first kappa shape index (κ1) is 24.5. The Kier molecular flexibility index (Phi) is 6.62. The predicted molar refractivity (Wildman–Crippen MR) is 114 cm³/mol. The molecule has 1 aromatic rings. The number of hydrogen-bond acceptors (Lipinski definition) is 4. The molecule has 0 bridgehead atoms. The van der Waals surface area contributed by atoms with Crippen LogP contribution < -0.4 is 0 Å². The minimum absolute atomic E-state index is 0.0634. The Morgan fingerprint density at radius 3 is 2.38 bits per heavy atom. The number of benzene rings is 1. The molecule has 0 radical (unpaired) electrons. The molecule has 0 N–H and O–H groups in total. The number of ether oxygens (including phenoxy) is 2. The van der Waals surface area contributed by atoms with E-state index in [0.29, 0.717) is 31.1 Å². The summed E-state index contributed by atoms with van der Waals surface area (Å²) in [7, 11) is 0.861. The molecule has 4 nitrogen and oxygen atoms in total. The number of rotatable bonds is 7. The van der Waals surface area contributed by atoms with Gasteiger partial charge in [-0.25, -0.2) is 4.79 Å². The van der Waals surface area contributed by atoms with Crippen molar-refractivity contribution in [3.8, 4) is 0 Å². The van der Waals surface area contributed by atoms with Gasteiger partial charge in [0.2, 0.25) is 0 Å². The quantitative estimate of drug-likeness (QED) is 0.390. The fraction of sp³-hybridized carbons (Fsp3) is 0.600. The molecule has 32 heavy (non-hydrogen) atoms. The highest BCUT2D eigenvalue weighted by Gasteiger charge is 2.65. The lowest BCUT2D eigenvalue weighted by molar-refractivity contribution is -0.278. The lowest BCUT2D eigenvalue weighted by Gasteiger charge is -2.33. The zero-order chi connectivity index (χ0) is 23.9. The van der Waals surface area contributed by atoms with Gasteiger partial charge in [-0.1, -0.05) is 42.8 Å². The fourth-order valence-electron chi connectivity index (χ4n) is 5.33. The summed E-state index contributed by atoms with van der Waals surface area (Å²) in [5.41, 5.74) is -1.60. The van der Waals surface area contributed by atoms with E-state index in [2.05, 4.69) is 6.92 Å². The van der Waals surface area contributed by atoms with Crippen LogP contribution in [0.1, 0.15) is 58.9 Å². The van der Waals surface area contributed by atoms with Crippen molar-refractivity contribution in [2.45, 2.75) is 71.3 Å². The molecule has 2 aliphatic rings. The van der Waals surface area contributed by atoms with Crippen LogP contribution in [-0.4, -0.2) is 31.1 Å². The lowest BCUT2D eigenvalue weighted by atomic mass is 9.84. The van der Waals surface area contributed by atoms with Crippen molar-refractivity contribution in [3.05, 3.63) is 47.0 Å². The van der Waals surface area contributed by atoms with Crippen molar-refractivity contribution in [1.82, 2.24) is 0 Å². The van der Waals surface area contributed by atoms with Gasteiger partial charge in [-0.15, -0.1) is 0 Å². The predicted octanol–water partition coefficient (Wildman–Crippen LogP) is 5.75. The van der Waals surface area contributed by atoms with Gasteiger partial charge in [0, 0.05) is 19.1 Å². The Morgan fingerprint density at radius 2 is 1.84 bits per heavy atom. The van der Waals surface area contributed by atoms with Gasteiger partial charge in [0.25, 0.3) is 5.60 Å². The van der Waals surface area contributed by atoms with Crippen molar-refractivity contribution in [2.24, 2.45) is 17.3 Å². The van der Waals surface area contributed by atoms with Gasteiger partial charge >= 0.3 is 12.1 Å². The Morgan fingerprint density at radius 1 is 1.22 bits per heavy atom. The zero-order valence-corrected chi connectivity index (χ0v) is 19.2. The third kappa shape index (κ3) is 4.12. The van der Waals surface area contributed by atoms with Gasteiger partial charge in [0.1, 0.15) is 0 Å². The number of carbonyl (C=O) groups is 2. The van der Waals surface area contributed by atoms with E-state index in [0.717, 1.165) is 24.7 Å². The number of halogens is 3. The molecule has 0 unspecified atom stereocenters. The van der Waals surface area contributed by atoms with E-state index in [1.165, 1.54) is 24.3 Å². The third-order valence-electron chi connectivity index (χ3n) is 7.34. The number of carbonyl (C=O) groups excluding carboxylic acids is 2. The minimum Gasteiger partial charge on any atom is -0.460 e. The minimum atomic E-state index is -4.99. The van der Waals surface area contributed by atoms with Crippen LogP contribution in [0.5, 0.6) is 0 Å². The number of Topliss-reactive ketones (excluding diaryl/α,β-unsaturated/α-hetero) is 1. The molecule has 2 fully saturated rings. The number of fused-ring (bicyclic) bond motifs is 1. The molecule has 5 atom stereocenters. The van der Waals surface area contributed by atoms with Gasteiger partial charge < -0.3 is 9.47 Å². The van der Waals surface area contributed by atoms with Crippen LogP contribution in [0.3, 0.4) is 0 Å². The fourth-order valence-corrected chi connectivity index (χ4v) is 5.33. The topological polar surface area (TPSA) is 52.6 Å². The first-order chi connectivity index (χ1) is 14.9. The number of ketones is 1. The molecule has 0 saturated heterocycles. The standard InChI is InChI=1S/C25H31F3O4/c1-15(2)18-13-20-19(23(20,4)14-21(18)29)12-11-16(3)32-22(30)24(31-5,25(26,27)28)17-9-7-6-8-10-17/h6-10,16,19-20H,11-14H2,1-5H3/t16-,19+,20+,23-,24-/m0/s1. The molecule has 0 amide bonds. The molecule has 0 spiro atoms. The summed E-state index contributed by atoms with van der Waals surface area (Å²) >= 11 is 0. The molecule has 1 aromatic carbocycles. The van der Waals surface area contributed by atoms with E-state index in [4.69, 9.17) is 9.47 Å². The van der Waals surface area contributed by atoms with E-state index >= 15 is 0 Å². The molecule has 0 heterocycles. The van der Waals surface area contributed by atoms with E-state index in [9.17, 15) is 22.8 Å². The van der Waals surface area contributed by atoms with Gasteiger partial charge in [0.15, 0.2) is 5.78 Å². The Balaban J connectivity index is 1.67. The smallest absolute Gasteiger partial charge is 0.432 e. The molecule has 2 aliphatic carbocycles. The maximum Gasteiger partial charge on any atom is 0.432 e. The monoisotopic (exact) mass is 452 g/mol. The molecule has 2 saturated carbocycles. The van der Waals surface area contributed by atoms with Gasteiger partial charge in [-0.2, -0.15) is 13.2 Å². The average molecular weight is 453 g/mol. The third-order valence-corrected chi connectivity index (χ3v) is 7.34. The molecule has 3 rings (SSSR count). The first-order valence-corrected chi connectivity index (χ1v) is 11.0. The van der Waals surface area contributed by atoms with E-state index in [1.54, 1.807) is 13.0 Å². The molecule has 176 valence electrons. The summed E-state index contributed by atoms with van der Waals surface area (Å²) in [5, 5.41) is 0. The van der Waals surface area contributed by atoms with E-state index in [-0.39, 0.29) is 16.8 Å². The van der Waals surface area contributed by atoms with Crippen molar-refractivity contribution >= 4 is 11.8 Å². The highest BCUT2D eigenvalue weighted by atomic mass is 19.4. The summed E-state index contributed by atoms with van der Waals surface area (Å²) in [6.45, 7) is 7.60. The molecular weight excluding hydrogens is 421 g/mol. The van der Waals surface area contributed by atoms with E-state index < -0.39 is 23.9 Å². The largest absolute Gasteiger partial charge is 0.460 e. The second kappa shape index (κ2) is 8.65.